The van der Waals surface area contributed by atoms with Crippen LogP contribution < -0.4 is 11.1 Å². The zero-order valence-electron chi connectivity index (χ0n) is 12.8. The summed E-state index contributed by atoms with van der Waals surface area (Å²) in [6.45, 7) is 1.83. The van der Waals surface area contributed by atoms with Gasteiger partial charge in [0.05, 0.1) is 12.3 Å². The van der Waals surface area contributed by atoms with Gasteiger partial charge < -0.3 is 20.9 Å². The number of azo groups is 1. The Labute approximate surface area is 136 Å². The summed E-state index contributed by atoms with van der Waals surface area (Å²) in [5.41, 5.74) is 6.29. The lowest BCUT2D eigenvalue weighted by atomic mass is 10.3. The van der Waals surface area contributed by atoms with E-state index in [2.05, 4.69) is 30.5 Å². The van der Waals surface area contributed by atoms with E-state index >= 15 is 0 Å². The van der Waals surface area contributed by atoms with Crippen LogP contribution in [0.15, 0.2) is 34.5 Å². The van der Waals surface area contributed by atoms with Crippen LogP contribution in [0, 0.1) is 0 Å². The molecule has 5 N–H and O–H groups in total. The van der Waals surface area contributed by atoms with Crippen molar-refractivity contribution in [2.24, 2.45) is 10.2 Å². The minimum Gasteiger partial charge on any atom is -0.508 e. The summed E-state index contributed by atoms with van der Waals surface area (Å²) >= 11 is 0. The van der Waals surface area contributed by atoms with Crippen molar-refractivity contribution in [1.29, 1.82) is 0 Å². The molecule has 0 aliphatic rings. The van der Waals surface area contributed by atoms with E-state index < -0.39 is 18.3 Å². The number of H-pyrrole nitrogens is 1. The fourth-order valence-electron chi connectivity index (χ4n) is 1.68. The molecule has 0 bridgehead atoms. The number of nitrogens with one attached hydrogen (secondary N) is 2. The number of phenols is 1. The molecule has 2 rings (SSSR count). The lowest BCUT2D eigenvalue weighted by Crippen LogP contribution is -2.18. The van der Waals surface area contributed by atoms with E-state index in [0.717, 1.165) is 0 Å². The molecule has 24 heavy (non-hydrogen) atoms. The highest BCUT2D eigenvalue weighted by molar-refractivity contribution is 6.03. The highest BCUT2D eigenvalue weighted by Gasteiger charge is 2.16. The van der Waals surface area contributed by atoms with E-state index in [9.17, 15) is 14.7 Å². The van der Waals surface area contributed by atoms with E-state index in [-0.39, 0.29) is 29.7 Å². The number of amides is 1. The maximum Gasteiger partial charge on any atom is 0.315 e. The Balaban J connectivity index is 2.09. The number of aromatic amines is 1. The number of hydrogen-bond acceptors (Lipinski definition) is 8. The van der Waals surface area contributed by atoms with Gasteiger partial charge in [0.25, 0.3) is 0 Å². The Hall–Kier alpha value is -3.43. The number of esters is 1. The first kappa shape index (κ1) is 16.9. The zero-order chi connectivity index (χ0) is 17.5. The minimum atomic E-state index is -0.647. The van der Waals surface area contributed by atoms with Crippen molar-refractivity contribution >= 4 is 34.9 Å². The van der Waals surface area contributed by atoms with Gasteiger partial charge in [0, 0.05) is 0 Å². The van der Waals surface area contributed by atoms with Crippen molar-refractivity contribution in [3.05, 3.63) is 24.3 Å². The summed E-state index contributed by atoms with van der Waals surface area (Å²) < 4.78 is 4.69. The number of nitrogen functional groups attached to an aromatic ring is 1. The number of phenolic OH excluding ortho intramolecular Hbond substituents is 1. The molecule has 1 aromatic carbocycles. The van der Waals surface area contributed by atoms with Gasteiger partial charge in [-0.15, -0.1) is 5.11 Å². The molecule has 0 fully saturated rings. The first-order valence-electron chi connectivity index (χ1n) is 6.99. The highest BCUT2D eigenvalue weighted by Crippen LogP contribution is 2.30. The number of nitrogens with zero attached hydrogens (tertiary/aromatic N) is 3. The van der Waals surface area contributed by atoms with Crippen molar-refractivity contribution < 1.29 is 19.4 Å². The lowest BCUT2D eigenvalue weighted by Gasteiger charge is -2.03. The molecule has 0 radical (unpaired) electrons. The van der Waals surface area contributed by atoms with Gasteiger partial charge in [-0.25, -0.2) is 0 Å². The summed E-state index contributed by atoms with van der Waals surface area (Å²) in [7, 11) is 0. The molecule has 126 valence electrons. The van der Waals surface area contributed by atoms with E-state index in [1.54, 1.807) is 19.1 Å². The SMILES string of the molecule is CCOC(=O)CC(=O)Nc1n[nH]c(N)c1N=Nc1ccc(O)cc1. The normalized spacial score (nSPS) is 10.7. The van der Waals surface area contributed by atoms with Gasteiger partial charge in [-0.05, 0) is 31.2 Å². The number of carbonyl (C=O) groups is 2. The molecule has 0 saturated carbocycles. The number of ether oxygens (including phenoxy) is 1. The molecular weight excluding hydrogens is 316 g/mol. The topological polar surface area (TPSA) is 155 Å². The Bertz CT molecular complexity index is 753. The van der Waals surface area contributed by atoms with Crippen molar-refractivity contribution in [2.75, 3.05) is 17.7 Å². The molecule has 2 aromatic rings. The number of rotatable bonds is 6. The van der Waals surface area contributed by atoms with Crippen LogP contribution in [0.1, 0.15) is 13.3 Å². The molecule has 0 unspecified atom stereocenters. The quantitative estimate of drug-likeness (QED) is 0.360. The maximum atomic E-state index is 11.8. The van der Waals surface area contributed by atoms with Gasteiger partial charge >= 0.3 is 5.97 Å². The molecule has 10 nitrogen and oxygen atoms in total. The summed E-state index contributed by atoms with van der Waals surface area (Å²) in [5.74, 6) is -1.01. The molecular formula is C14H16N6O4. The van der Waals surface area contributed by atoms with Gasteiger partial charge in [0.15, 0.2) is 11.5 Å². The van der Waals surface area contributed by atoms with Crippen molar-refractivity contribution in [3.63, 3.8) is 0 Å². The van der Waals surface area contributed by atoms with E-state index in [4.69, 9.17) is 5.73 Å². The predicted octanol–water partition coefficient (Wildman–Crippen LogP) is 2.00. The van der Waals surface area contributed by atoms with Crippen molar-refractivity contribution in [1.82, 2.24) is 10.2 Å². The Morgan fingerprint density at radius 2 is 2.04 bits per heavy atom. The van der Waals surface area contributed by atoms with Gasteiger partial charge in [-0.2, -0.15) is 10.2 Å². The zero-order valence-corrected chi connectivity index (χ0v) is 12.8. The Kier molecular flexibility index (Phi) is 5.45. The smallest absolute Gasteiger partial charge is 0.315 e. The number of carbonyl (C=O) groups excluding carboxylic acids is 2. The molecule has 1 aromatic heterocycles. The minimum absolute atomic E-state index is 0.0457. The predicted molar refractivity (Wildman–Crippen MR) is 85.2 cm³/mol. The Morgan fingerprint density at radius 1 is 1.33 bits per heavy atom. The molecule has 0 aliphatic carbocycles. The number of hydrogen-bond donors (Lipinski definition) is 4. The number of anilines is 2. The fraction of sp³-hybridized carbons (Fsp3) is 0.214. The van der Waals surface area contributed by atoms with E-state index in [0.29, 0.717) is 5.69 Å². The molecule has 0 atom stereocenters. The van der Waals surface area contributed by atoms with Crippen LogP contribution in [0.3, 0.4) is 0 Å². The summed E-state index contributed by atoms with van der Waals surface area (Å²) in [6, 6.07) is 6.01. The number of nitrogens with two attached hydrogens (primary N) is 1. The van der Waals surface area contributed by atoms with E-state index in [1.165, 1.54) is 12.1 Å². The molecule has 1 amide bonds. The van der Waals surface area contributed by atoms with Crippen LogP contribution >= 0.6 is 0 Å². The van der Waals surface area contributed by atoms with Gasteiger partial charge in [0.1, 0.15) is 18.0 Å². The van der Waals surface area contributed by atoms with Crippen LogP contribution in [0.4, 0.5) is 23.0 Å². The third-order valence-corrected chi connectivity index (χ3v) is 2.75. The first-order valence-corrected chi connectivity index (χ1v) is 6.99. The van der Waals surface area contributed by atoms with Crippen molar-refractivity contribution in [3.8, 4) is 5.75 Å². The third-order valence-electron chi connectivity index (χ3n) is 2.75. The molecule has 10 heteroatoms. The molecule has 1 heterocycles. The first-order chi connectivity index (χ1) is 11.5. The third kappa shape index (κ3) is 4.53. The second-order valence-corrected chi connectivity index (χ2v) is 4.58. The van der Waals surface area contributed by atoms with Crippen LogP contribution in [0.25, 0.3) is 0 Å². The van der Waals surface area contributed by atoms with Gasteiger partial charge in [0.2, 0.25) is 5.91 Å². The van der Waals surface area contributed by atoms with Gasteiger partial charge in [-0.1, -0.05) is 0 Å². The van der Waals surface area contributed by atoms with Crippen LogP contribution in [0.2, 0.25) is 0 Å². The standard InChI is InChI=1S/C14H16N6O4/c1-2-24-11(23)7-10(22)16-14-12(13(15)19-20-14)18-17-8-3-5-9(21)6-4-8/h3-6,21H,2,7H2,1H3,(H4,15,16,19,20,22). The largest absolute Gasteiger partial charge is 0.508 e. The monoisotopic (exact) mass is 332 g/mol. The average Bonchev–Trinajstić information content (AvgIpc) is 2.87. The molecule has 0 aliphatic heterocycles. The summed E-state index contributed by atoms with van der Waals surface area (Å²) in [5, 5.41) is 25.8. The van der Waals surface area contributed by atoms with E-state index in [1.807, 2.05) is 0 Å². The summed E-state index contributed by atoms with van der Waals surface area (Å²) in [6.07, 6.45) is -0.449. The van der Waals surface area contributed by atoms with Crippen LogP contribution in [-0.4, -0.2) is 33.8 Å². The second kappa shape index (κ2) is 7.72. The van der Waals surface area contributed by atoms with Crippen molar-refractivity contribution in [2.45, 2.75) is 13.3 Å². The lowest BCUT2D eigenvalue weighted by molar-refractivity contribution is -0.145. The number of aromatic nitrogens is 2. The second-order valence-electron chi connectivity index (χ2n) is 4.58. The number of benzene rings is 1. The van der Waals surface area contributed by atoms with Crippen LogP contribution in [-0.2, 0) is 14.3 Å². The molecule has 0 saturated heterocycles. The maximum absolute atomic E-state index is 11.8. The van der Waals surface area contributed by atoms with Gasteiger partial charge in [-0.3, -0.25) is 14.7 Å². The Morgan fingerprint density at radius 3 is 2.71 bits per heavy atom. The number of aromatic hydroxyl groups is 1. The fourth-order valence-corrected chi connectivity index (χ4v) is 1.68. The average molecular weight is 332 g/mol. The highest BCUT2D eigenvalue weighted by atomic mass is 16.5. The molecule has 0 spiro atoms. The van der Waals surface area contributed by atoms with Crippen LogP contribution in [0.5, 0.6) is 5.75 Å². The summed E-state index contributed by atoms with van der Waals surface area (Å²) in [4.78, 5) is 23.0.